The number of rotatable bonds is 2. The highest BCUT2D eigenvalue weighted by Crippen LogP contribution is 2.08. The molecule has 11 heavy (non-hydrogen) atoms. The van der Waals surface area contributed by atoms with Gasteiger partial charge in [-0.3, -0.25) is 4.72 Å². The molecule has 1 N–H and O–H groups in total. The lowest BCUT2D eigenvalue weighted by atomic mass is 10.4. The van der Waals surface area contributed by atoms with Crippen LogP contribution in [0.2, 0.25) is 0 Å². The van der Waals surface area contributed by atoms with E-state index in [1.807, 2.05) is 27.0 Å². The molecule has 4 heteroatoms. The Hall–Kier alpha value is -0.610. The van der Waals surface area contributed by atoms with Crippen molar-refractivity contribution >= 4 is 11.9 Å². The standard InChI is InChI=1S/C7H11N3S/c1-5-4-6(2)10-7(9-5)11-8-3/h4,8H,1-3H3. The summed E-state index contributed by atoms with van der Waals surface area (Å²) in [4.78, 5) is 8.43. The van der Waals surface area contributed by atoms with Gasteiger partial charge in [-0.05, 0) is 38.9 Å². The Labute approximate surface area is 70.8 Å². The van der Waals surface area contributed by atoms with E-state index in [1.165, 1.54) is 11.9 Å². The normalized spacial score (nSPS) is 10.1. The molecule has 0 spiro atoms. The van der Waals surface area contributed by atoms with Crippen LogP contribution in [0.15, 0.2) is 11.2 Å². The summed E-state index contributed by atoms with van der Waals surface area (Å²) < 4.78 is 2.93. The average Bonchev–Trinajstić information content (AvgIpc) is 1.85. The van der Waals surface area contributed by atoms with E-state index < -0.39 is 0 Å². The summed E-state index contributed by atoms with van der Waals surface area (Å²) in [5, 5.41) is 0.782. The third kappa shape index (κ3) is 2.48. The molecule has 3 nitrogen and oxygen atoms in total. The molecule has 1 heterocycles. The molecule has 0 amide bonds. The minimum absolute atomic E-state index is 0.782. The van der Waals surface area contributed by atoms with Crippen molar-refractivity contribution < 1.29 is 0 Å². The Morgan fingerprint density at radius 2 is 1.82 bits per heavy atom. The molecule has 1 aromatic heterocycles. The number of aryl methyl sites for hydroxylation is 2. The lowest BCUT2D eigenvalue weighted by Crippen LogP contribution is -1.98. The van der Waals surface area contributed by atoms with Crippen LogP contribution in [0.5, 0.6) is 0 Å². The molecule has 0 aliphatic carbocycles. The van der Waals surface area contributed by atoms with Gasteiger partial charge in [0.15, 0.2) is 0 Å². The van der Waals surface area contributed by atoms with Crippen LogP contribution in [0.3, 0.4) is 0 Å². The highest BCUT2D eigenvalue weighted by molar-refractivity contribution is 7.97. The highest BCUT2D eigenvalue weighted by Gasteiger charge is 1.97. The van der Waals surface area contributed by atoms with E-state index in [9.17, 15) is 0 Å². The van der Waals surface area contributed by atoms with Crippen LogP contribution in [0.4, 0.5) is 0 Å². The second-order valence-electron chi connectivity index (χ2n) is 2.24. The van der Waals surface area contributed by atoms with Crippen molar-refractivity contribution in [3.05, 3.63) is 17.5 Å². The Morgan fingerprint density at radius 1 is 1.27 bits per heavy atom. The molecule has 0 aliphatic rings. The zero-order valence-corrected chi connectivity index (χ0v) is 7.70. The van der Waals surface area contributed by atoms with Gasteiger partial charge < -0.3 is 0 Å². The molecule has 60 valence electrons. The molecule has 0 bridgehead atoms. The van der Waals surface area contributed by atoms with Gasteiger partial charge in [-0.1, -0.05) is 0 Å². The van der Waals surface area contributed by atoms with Crippen molar-refractivity contribution in [2.75, 3.05) is 7.05 Å². The Bertz CT molecular complexity index is 229. The van der Waals surface area contributed by atoms with Crippen molar-refractivity contribution in [3.8, 4) is 0 Å². The van der Waals surface area contributed by atoms with Crippen LogP contribution in [-0.2, 0) is 0 Å². The van der Waals surface area contributed by atoms with Gasteiger partial charge in [-0.2, -0.15) is 0 Å². The van der Waals surface area contributed by atoms with Crippen LogP contribution in [-0.4, -0.2) is 17.0 Å². The largest absolute Gasteiger partial charge is 0.260 e. The van der Waals surface area contributed by atoms with E-state index >= 15 is 0 Å². The maximum absolute atomic E-state index is 4.21. The monoisotopic (exact) mass is 169 g/mol. The quantitative estimate of drug-likeness (QED) is 0.535. The minimum Gasteiger partial charge on any atom is -0.260 e. The van der Waals surface area contributed by atoms with Crippen molar-refractivity contribution in [3.63, 3.8) is 0 Å². The smallest absolute Gasteiger partial charge is 0.203 e. The summed E-state index contributed by atoms with van der Waals surface area (Å²) in [6, 6.07) is 1.96. The highest BCUT2D eigenvalue weighted by atomic mass is 32.2. The number of hydrogen-bond acceptors (Lipinski definition) is 4. The second-order valence-corrected chi connectivity index (χ2v) is 3.22. The first-order valence-electron chi connectivity index (χ1n) is 3.38. The topological polar surface area (TPSA) is 37.8 Å². The van der Waals surface area contributed by atoms with Crippen LogP contribution < -0.4 is 4.72 Å². The van der Waals surface area contributed by atoms with Crippen LogP contribution in [0.1, 0.15) is 11.4 Å². The number of hydrogen-bond donors (Lipinski definition) is 1. The fourth-order valence-corrected chi connectivity index (χ4v) is 1.39. The predicted molar refractivity (Wildman–Crippen MR) is 46.4 cm³/mol. The van der Waals surface area contributed by atoms with Gasteiger partial charge in [0.25, 0.3) is 0 Å². The van der Waals surface area contributed by atoms with Crippen LogP contribution >= 0.6 is 11.9 Å². The van der Waals surface area contributed by atoms with Crippen molar-refractivity contribution in [2.24, 2.45) is 0 Å². The van der Waals surface area contributed by atoms with E-state index in [0.717, 1.165) is 16.5 Å². The van der Waals surface area contributed by atoms with E-state index in [2.05, 4.69) is 14.7 Å². The van der Waals surface area contributed by atoms with Crippen LogP contribution in [0, 0.1) is 13.8 Å². The first kappa shape index (κ1) is 8.49. The third-order valence-electron chi connectivity index (χ3n) is 1.16. The second kappa shape index (κ2) is 3.69. The maximum Gasteiger partial charge on any atom is 0.203 e. The lowest BCUT2D eigenvalue weighted by molar-refractivity contribution is 0.898. The summed E-state index contributed by atoms with van der Waals surface area (Å²) in [6.07, 6.45) is 0. The summed E-state index contributed by atoms with van der Waals surface area (Å²) in [7, 11) is 1.85. The molecule has 0 fully saturated rings. The van der Waals surface area contributed by atoms with E-state index in [0.29, 0.717) is 0 Å². The average molecular weight is 169 g/mol. The number of nitrogens with one attached hydrogen (secondary N) is 1. The fraction of sp³-hybridized carbons (Fsp3) is 0.429. The molecule has 0 atom stereocenters. The molecule has 1 aromatic rings. The van der Waals surface area contributed by atoms with Gasteiger partial charge in [0, 0.05) is 11.4 Å². The molecular formula is C7H11N3S. The third-order valence-corrected chi connectivity index (χ3v) is 1.72. The van der Waals surface area contributed by atoms with Gasteiger partial charge in [0.2, 0.25) is 5.16 Å². The molecule has 0 aliphatic heterocycles. The fourth-order valence-electron chi connectivity index (χ4n) is 0.831. The van der Waals surface area contributed by atoms with E-state index in [1.54, 1.807) is 0 Å². The van der Waals surface area contributed by atoms with Crippen molar-refractivity contribution in [2.45, 2.75) is 19.0 Å². The van der Waals surface area contributed by atoms with Gasteiger partial charge in [0.1, 0.15) is 0 Å². The van der Waals surface area contributed by atoms with E-state index in [4.69, 9.17) is 0 Å². The van der Waals surface area contributed by atoms with E-state index in [-0.39, 0.29) is 0 Å². The maximum atomic E-state index is 4.21. The molecule has 0 unspecified atom stereocenters. The molecule has 1 rings (SSSR count). The molecular weight excluding hydrogens is 158 g/mol. The predicted octanol–water partition coefficient (Wildman–Crippen LogP) is 1.32. The first-order chi connectivity index (χ1) is 5.22. The zero-order chi connectivity index (χ0) is 8.27. The van der Waals surface area contributed by atoms with Crippen molar-refractivity contribution in [1.82, 2.24) is 14.7 Å². The SMILES string of the molecule is CNSc1nc(C)cc(C)n1. The van der Waals surface area contributed by atoms with Gasteiger partial charge >= 0.3 is 0 Å². The summed E-state index contributed by atoms with van der Waals surface area (Å²) in [5.74, 6) is 0. The summed E-state index contributed by atoms with van der Waals surface area (Å²) in [6.45, 7) is 3.93. The zero-order valence-electron chi connectivity index (χ0n) is 6.88. The Kier molecular flexibility index (Phi) is 2.84. The molecule has 0 aromatic carbocycles. The number of nitrogens with zero attached hydrogens (tertiary/aromatic N) is 2. The Balaban J connectivity index is 2.89. The van der Waals surface area contributed by atoms with Gasteiger partial charge in [-0.15, -0.1) is 0 Å². The molecule has 0 saturated heterocycles. The lowest BCUT2D eigenvalue weighted by Gasteiger charge is -1.99. The van der Waals surface area contributed by atoms with Gasteiger partial charge in [0.05, 0.1) is 0 Å². The van der Waals surface area contributed by atoms with Crippen LogP contribution in [0.25, 0.3) is 0 Å². The molecule has 0 radical (unpaired) electrons. The molecule has 0 saturated carbocycles. The first-order valence-corrected chi connectivity index (χ1v) is 4.20. The summed E-state index contributed by atoms with van der Waals surface area (Å²) >= 11 is 1.43. The minimum atomic E-state index is 0.782. The number of aromatic nitrogens is 2. The summed E-state index contributed by atoms with van der Waals surface area (Å²) in [5.41, 5.74) is 2.02. The Morgan fingerprint density at radius 3 is 2.27 bits per heavy atom. The van der Waals surface area contributed by atoms with Crippen molar-refractivity contribution in [1.29, 1.82) is 0 Å². The van der Waals surface area contributed by atoms with Gasteiger partial charge in [-0.25, -0.2) is 9.97 Å².